The predicted molar refractivity (Wildman–Crippen MR) is 81.8 cm³/mol. The molecule has 0 amide bonds. The van der Waals surface area contributed by atoms with E-state index in [0.717, 1.165) is 12.6 Å². The molecule has 0 spiro atoms. The molecule has 0 N–H and O–H groups in total. The fraction of sp³-hybridized carbons (Fsp3) is 1.00. The Morgan fingerprint density at radius 1 is 0.944 bits per heavy atom. The second-order valence-electron chi connectivity index (χ2n) is 5.90. The standard InChI is InChI=1S/C15H33O2P/c1-5-6-7-8-9-10-11-12-13-18(4,16)17-14-15(2)3/h15H,5-14H2,1-4H3. The minimum atomic E-state index is -2.31. The molecule has 0 heterocycles. The molecular formula is C15H33O2P. The highest BCUT2D eigenvalue weighted by molar-refractivity contribution is 7.58. The molecule has 0 aromatic heterocycles. The molecule has 3 heteroatoms. The fourth-order valence-electron chi connectivity index (χ4n) is 1.90. The molecule has 0 aliphatic carbocycles. The molecular weight excluding hydrogens is 243 g/mol. The summed E-state index contributed by atoms with van der Waals surface area (Å²) in [5.41, 5.74) is 0. The highest BCUT2D eigenvalue weighted by atomic mass is 31.2. The predicted octanol–water partition coefficient (Wildman–Crippen LogP) is 5.71. The first kappa shape index (κ1) is 18.2. The van der Waals surface area contributed by atoms with Crippen molar-refractivity contribution in [1.82, 2.24) is 0 Å². The van der Waals surface area contributed by atoms with Crippen LogP contribution in [0.4, 0.5) is 0 Å². The van der Waals surface area contributed by atoms with E-state index >= 15 is 0 Å². The third kappa shape index (κ3) is 12.6. The lowest BCUT2D eigenvalue weighted by atomic mass is 10.1. The van der Waals surface area contributed by atoms with Crippen molar-refractivity contribution in [1.29, 1.82) is 0 Å². The molecule has 0 aromatic rings. The monoisotopic (exact) mass is 276 g/mol. The summed E-state index contributed by atoms with van der Waals surface area (Å²) in [7, 11) is -2.31. The largest absolute Gasteiger partial charge is 0.328 e. The third-order valence-corrected chi connectivity index (χ3v) is 4.92. The fourth-order valence-corrected chi connectivity index (χ4v) is 3.44. The lowest BCUT2D eigenvalue weighted by molar-refractivity contribution is 0.272. The first-order valence-corrected chi connectivity index (χ1v) is 9.94. The van der Waals surface area contributed by atoms with Gasteiger partial charge in [0.2, 0.25) is 0 Å². The Morgan fingerprint density at radius 2 is 1.44 bits per heavy atom. The van der Waals surface area contributed by atoms with Crippen LogP contribution in [0.3, 0.4) is 0 Å². The first-order chi connectivity index (χ1) is 8.48. The van der Waals surface area contributed by atoms with E-state index in [0.29, 0.717) is 12.5 Å². The Balaban J connectivity index is 3.38. The van der Waals surface area contributed by atoms with E-state index in [4.69, 9.17) is 4.52 Å². The van der Waals surface area contributed by atoms with Crippen LogP contribution in [0.1, 0.15) is 72.1 Å². The van der Waals surface area contributed by atoms with E-state index in [1.54, 1.807) is 6.66 Å². The lowest BCUT2D eigenvalue weighted by Gasteiger charge is -2.15. The van der Waals surface area contributed by atoms with Crippen molar-refractivity contribution in [2.45, 2.75) is 72.1 Å². The Labute approximate surface area is 114 Å². The second kappa shape index (κ2) is 11.1. The zero-order valence-electron chi connectivity index (χ0n) is 12.9. The van der Waals surface area contributed by atoms with Crippen LogP contribution in [0.2, 0.25) is 0 Å². The summed E-state index contributed by atoms with van der Waals surface area (Å²) in [5, 5.41) is 0. The SMILES string of the molecule is CCCCCCCCCCP(C)(=O)OCC(C)C. The molecule has 0 aromatic carbocycles. The second-order valence-corrected chi connectivity index (χ2v) is 8.64. The summed E-state index contributed by atoms with van der Waals surface area (Å²) in [5.74, 6) is 0.469. The summed E-state index contributed by atoms with van der Waals surface area (Å²) < 4.78 is 17.6. The van der Waals surface area contributed by atoms with Gasteiger partial charge in [-0.25, -0.2) is 0 Å². The maximum atomic E-state index is 12.1. The van der Waals surface area contributed by atoms with Gasteiger partial charge >= 0.3 is 0 Å². The molecule has 0 saturated heterocycles. The quantitative estimate of drug-likeness (QED) is 0.337. The molecule has 0 bridgehead atoms. The van der Waals surface area contributed by atoms with Gasteiger partial charge in [0.05, 0.1) is 6.61 Å². The average molecular weight is 276 g/mol. The molecule has 0 aliphatic rings. The summed E-state index contributed by atoms with van der Waals surface area (Å²) >= 11 is 0. The van der Waals surface area contributed by atoms with Crippen molar-refractivity contribution in [2.24, 2.45) is 5.92 Å². The highest BCUT2D eigenvalue weighted by Crippen LogP contribution is 2.43. The van der Waals surface area contributed by atoms with E-state index in [2.05, 4.69) is 20.8 Å². The Morgan fingerprint density at radius 3 is 1.94 bits per heavy atom. The third-order valence-electron chi connectivity index (χ3n) is 3.10. The first-order valence-electron chi connectivity index (χ1n) is 7.69. The van der Waals surface area contributed by atoms with Crippen LogP contribution in [0.5, 0.6) is 0 Å². The van der Waals surface area contributed by atoms with Crippen molar-refractivity contribution < 1.29 is 9.09 Å². The van der Waals surface area contributed by atoms with Crippen molar-refractivity contribution in [3.63, 3.8) is 0 Å². The summed E-state index contributed by atoms with van der Waals surface area (Å²) in [4.78, 5) is 0. The number of hydrogen-bond donors (Lipinski definition) is 0. The maximum Gasteiger partial charge on any atom is 0.200 e. The van der Waals surface area contributed by atoms with Gasteiger partial charge in [-0.3, -0.25) is 4.57 Å². The van der Waals surface area contributed by atoms with Gasteiger partial charge in [0.1, 0.15) is 0 Å². The minimum absolute atomic E-state index is 0.469. The van der Waals surface area contributed by atoms with Crippen molar-refractivity contribution in [2.75, 3.05) is 19.4 Å². The van der Waals surface area contributed by atoms with Crippen LogP contribution in [0.15, 0.2) is 0 Å². The van der Waals surface area contributed by atoms with Gasteiger partial charge in [-0.1, -0.05) is 65.7 Å². The molecule has 1 atom stereocenters. The topological polar surface area (TPSA) is 26.3 Å². The molecule has 110 valence electrons. The molecule has 0 aliphatic heterocycles. The van der Waals surface area contributed by atoms with Gasteiger partial charge < -0.3 is 4.52 Å². The Hall–Kier alpha value is 0.190. The lowest BCUT2D eigenvalue weighted by Crippen LogP contribution is -2.02. The van der Waals surface area contributed by atoms with E-state index in [-0.39, 0.29) is 0 Å². The van der Waals surface area contributed by atoms with Gasteiger partial charge in [0.15, 0.2) is 7.37 Å². The van der Waals surface area contributed by atoms with E-state index in [1.165, 1.54) is 44.9 Å². The summed E-state index contributed by atoms with van der Waals surface area (Å²) in [6, 6.07) is 0. The molecule has 2 nitrogen and oxygen atoms in total. The highest BCUT2D eigenvalue weighted by Gasteiger charge is 2.15. The van der Waals surface area contributed by atoms with E-state index in [1.807, 2.05) is 0 Å². The zero-order chi connectivity index (χ0) is 13.9. The Kier molecular flexibility index (Phi) is 11.2. The zero-order valence-corrected chi connectivity index (χ0v) is 13.8. The molecule has 0 saturated carbocycles. The molecule has 0 radical (unpaired) electrons. The van der Waals surface area contributed by atoms with Crippen molar-refractivity contribution >= 4 is 7.37 Å². The van der Waals surface area contributed by atoms with Gasteiger partial charge in [-0.15, -0.1) is 0 Å². The number of unbranched alkanes of at least 4 members (excludes halogenated alkanes) is 7. The molecule has 0 fully saturated rings. The molecule has 1 unspecified atom stereocenters. The van der Waals surface area contributed by atoms with Crippen LogP contribution in [-0.2, 0) is 9.09 Å². The minimum Gasteiger partial charge on any atom is -0.328 e. The van der Waals surface area contributed by atoms with Gasteiger partial charge in [-0.05, 0) is 12.3 Å². The average Bonchev–Trinajstić information content (AvgIpc) is 2.30. The number of rotatable bonds is 12. The number of hydrogen-bond acceptors (Lipinski definition) is 2. The van der Waals surface area contributed by atoms with E-state index < -0.39 is 7.37 Å². The van der Waals surface area contributed by atoms with Crippen LogP contribution >= 0.6 is 7.37 Å². The van der Waals surface area contributed by atoms with Gasteiger partial charge in [0.25, 0.3) is 0 Å². The van der Waals surface area contributed by atoms with Crippen LogP contribution in [0.25, 0.3) is 0 Å². The van der Waals surface area contributed by atoms with Gasteiger partial charge in [-0.2, -0.15) is 0 Å². The van der Waals surface area contributed by atoms with Crippen molar-refractivity contribution in [3.8, 4) is 0 Å². The Bertz CT molecular complexity index is 227. The summed E-state index contributed by atoms with van der Waals surface area (Å²) in [6.07, 6.45) is 11.1. The van der Waals surface area contributed by atoms with Crippen LogP contribution < -0.4 is 0 Å². The van der Waals surface area contributed by atoms with E-state index in [9.17, 15) is 4.57 Å². The maximum absolute atomic E-state index is 12.1. The van der Waals surface area contributed by atoms with Crippen LogP contribution in [0, 0.1) is 5.92 Å². The molecule has 0 rings (SSSR count). The van der Waals surface area contributed by atoms with Gasteiger partial charge in [0, 0.05) is 12.8 Å². The smallest absolute Gasteiger partial charge is 0.200 e. The summed E-state index contributed by atoms with van der Waals surface area (Å²) in [6.45, 7) is 8.85. The van der Waals surface area contributed by atoms with Crippen molar-refractivity contribution in [3.05, 3.63) is 0 Å². The molecule has 18 heavy (non-hydrogen) atoms. The van der Waals surface area contributed by atoms with Crippen LogP contribution in [-0.4, -0.2) is 19.4 Å². The normalized spacial score (nSPS) is 14.9.